The molecular weight excluding hydrogens is 1830 g/mol. The number of nitrogens with zero attached hydrogens (tertiary/aromatic N) is 4. The number of hydrogen-bond acceptors (Lipinski definition) is 6. The van der Waals surface area contributed by atoms with Gasteiger partial charge in [-0.15, -0.1) is 11.3 Å². The summed E-state index contributed by atoms with van der Waals surface area (Å²) in [5.41, 5.74) is 37.3. The molecule has 0 spiro atoms. The van der Waals surface area contributed by atoms with Crippen LogP contribution in [-0.4, -0.2) is 0 Å². The summed E-state index contributed by atoms with van der Waals surface area (Å²) >= 11 is 1.90. The van der Waals surface area contributed by atoms with Crippen molar-refractivity contribution in [2.75, 3.05) is 19.6 Å². The lowest BCUT2D eigenvalue weighted by Crippen LogP contribution is -2.18. The molecule has 0 saturated carbocycles. The van der Waals surface area contributed by atoms with Crippen LogP contribution in [0.3, 0.4) is 0 Å². The SMILES string of the molecule is CC1(C)c2cc(-c3cccc4c3sc3ccccc34)ccc2-c2ccc(N(c3ccc(-c4ccc(N(c5ccccc5)c5ccccc5)cc4)cc3)c3ccc4c5ccccc5c5ccccc5c4c3)cc21.Cc1cc(-c2cccc3c2oc2ccccc23)ccc1-c1ccc(N(c2ccc3c(c2)C(C)(C)c2cc(N(c4ccccc4)c4cccc5ccccc45)ccc2-3)c2ccc3c4ccccc4c4ccccc4c3c2)cc1C. The van der Waals surface area contributed by atoms with Gasteiger partial charge >= 0.3 is 0 Å². The average Bonchev–Trinajstić information content (AvgIpc) is 1.42. The summed E-state index contributed by atoms with van der Waals surface area (Å²) in [7, 11) is 0. The number of thiophene rings is 1. The molecule has 0 unspecified atom stereocenters. The second-order valence-electron chi connectivity index (χ2n) is 41.4. The lowest BCUT2D eigenvalue weighted by molar-refractivity contribution is 0.660. The third-order valence-corrected chi connectivity index (χ3v) is 33.3. The third kappa shape index (κ3) is 14.8. The minimum atomic E-state index is -0.304. The molecular formula is C144H102N4OS. The van der Waals surface area contributed by atoms with E-state index in [0.717, 1.165) is 101 Å². The molecule has 150 heavy (non-hydrogen) atoms. The molecule has 0 bridgehead atoms. The average molecular weight is 1940 g/mol. The Bertz CT molecular complexity index is 10000. The lowest BCUT2D eigenvalue weighted by atomic mass is 9.81. The van der Waals surface area contributed by atoms with Gasteiger partial charge in [0.2, 0.25) is 0 Å². The second kappa shape index (κ2) is 35.7. The van der Waals surface area contributed by atoms with Crippen molar-refractivity contribution in [2.24, 2.45) is 0 Å². The smallest absolute Gasteiger partial charge is 0.143 e. The summed E-state index contributed by atoms with van der Waals surface area (Å²) in [4.78, 5) is 9.67. The van der Waals surface area contributed by atoms with Crippen LogP contribution in [0.1, 0.15) is 61.1 Å². The maximum atomic E-state index is 6.49. The minimum Gasteiger partial charge on any atom is -0.455 e. The van der Waals surface area contributed by atoms with Crippen LogP contribution in [0.15, 0.2) is 514 Å². The summed E-state index contributed by atoms with van der Waals surface area (Å²) in [6.07, 6.45) is 0. The molecule has 6 heteroatoms. The van der Waals surface area contributed by atoms with Crippen molar-refractivity contribution >= 4 is 197 Å². The van der Waals surface area contributed by atoms with Crippen molar-refractivity contribution in [3.05, 3.63) is 543 Å². The van der Waals surface area contributed by atoms with Gasteiger partial charge in [-0.05, 0) is 336 Å². The lowest BCUT2D eigenvalue weighted by Gasteiger charge is -2.30. The van der Waals surface area contributed by atoms with Gasteiger partial charge in [0.15, 0.2) is 0 Å². The topological polar surface area (TPSA) is 26.1 Å². The largest absolute Gasteiger partial charge is 0.455 e. The van der Waals surface area contributed by atoms with Crippen LogP contribution in [0, 0.1) is 13.8 Å². The first-order valence-corrected chi connectivity index (χ1v) is 52.9. The Morgan fingerprint density at radius 2 is 0.500 bits per heavy atom. The molecule has 5 nitrogen and oxygen atoms in total. The van der Waals surface area contributed by atoms with Gasteiger partial charge in [-0.2, -0.15) is 0 Å². The van der Waals surface area contributed by atoms with E-state index in [0.29, 0.717) is 0 Å². The molecule has 2 heterocycles. The maximum absolute atomic E-state index is 6.49. The fourth-order valence-corrected chi connectivity index (χ4v) is 26.0. The van der Waals surface area contributed by atoms with E-state index in [-0.39, 0.29) is 10.8 Å². The Balaban J connectivity index is 0.000000145. The van der Waals surface area contributed by atoms with Crippen molar-refractivity contribution in [1.29, 1.82) is 0 Å². The minimum absolute atomic E-state index is 0.235. The summed E-state index contributed by atoms with van der Waals surface area (Å²) in [5.74, 6) is 0. The first kappa shape index (κ1) is 89.2. The Morgan fingerprint density at radius 1 is 0.187 bits per heavy atom. The van der Waals surface area contributed by atoms with Gasteiger partial charge < -0.3 is 24.0 Å². The van der Waals surface area contributed by atoms with Crippen LogP contribution in [0.4, 0.5) is 68.2 Å². The first-order valence-electron chi connectivity index (χ1n) is 52.1. The molecule has 27 aromatic rings. The van der Waals surface area contributed by atoms with Crippen molar-refractivity contribution in [1.82, 2.24) is 0 Å². The van der Waals surface area contributed by atoms with E-state index in [9.17, 15) is 0 Å². The summed E-state index contributed by atoms with van der Waals surface area (Å²) in [6.45, 7) is 14.1. The van der Waals surface area contributed by atoms with E-state index < -0.39 is 0 Å². The standard InChI is InChI=1S/C75H54N2O.C69H48N2S/c1-47-42-50(59-28-17-29-68-67-27-14-15-31-73(67)78-74(59)68)32-37-56(47)57-38-33-52(43-48(57)2)76(53-34-39-64-62-25-11-10-23-60(62)61-24-12-13-26-63(61)69(64)44-53)54-35-40-65-66-41-36-55(46-71(66)75(3,4)70(65)45-54)77(51-20-6-5-7-21-51)72-30-16-19-49-18-8-9-22-58(49)72;1-69(2)65-42-47(54-25-15-26-63-62-24-13-14-27-67(62)72-68(54)63)32-39-60(65)61-41-38-53(44-66(61)69)71(52-37-40-59-57-22-10-9-20-55(57)56-21-11-12-23-58(56)64(59)43-52)51-35-30-46(31-36-51)45-28-33-50(34-29-45)70(48-16-5-3-6-17-48)49-18-7-4-8-19-49/h5-46H,1-4H3;3-44H,1-2H3. The number of rotatable bonds is 16. The van der Waals surface area contributed by atoms with Gasteiger partial charge in [0.05, 0.1) is 5.69 Å². The van der Waals surface area contributed by atoms with E-state index in [1.165, 1.54) is 185 Å². The molecule has 0 saturated heterocycles. The fraction of sp³-hybridized carbons (Fsp3) is 0.0556. The third-order valence-electron chi connectivity index (χ3n) is 32.1. The van der Waals surface area contributed by atoms with Gasteiger partial charge in [0.1, 0.15) is 11.2 Å². The Kier molecular flexibility index (Phi) is 21.3. The molecule has 0 radical (unpaired) electrons. The van der Waals surface area contributed by atoms with Gasteiger partial charge in [-0.25, -0.2) is 0 Å². The quantitative estimate of drug-likeness (QED) is 0.0899. The highest BCUT2D eigenvalue weighted by Gasteiger charge is 2.40. The van der Waals surface area contributed by atoms with Gasteiger partial charge in [-0.3, -0.25) is 0 Å². The van der Waals surface area contributed by atoms with Gasteiger partial charge in [0, 0.05) is 115 Å². The number of furan rings is 1. The molecule has 29 rings (SSSR count). The van der Waals surface area contributed by atoms with Gasteiger partial charge in [0.25, 0.3) is 0 Å². The van der Waals surface area contributed by atoms with Crippen molar-refractivity contribution in [3.63, 3.8) is 0 Å². The van der Waals surface area contributed by atoms with E-state index in [1.54, 1.807) is 0 Å². The molecule has 2 aliphatic carbocycles. The zero-order chi connectivity index (χ0) is 100. The normalized spacial score (nSPS) is 12.7. The summed E-state index contributed by atoms with van der Waals surface area (Å²) < 4.78 is 9.16. The van der Waals surface area contributed by atoms with E-state index in [2.05, 4.69) is 565 Å². The zero-order valence-corrected chi connectivity index (χ0v) is 84.9. The monoisotopic (exact) mass is 1930 g/mol. The van der Waals surface area contributed by atoms with Crippen LogP contribution in [0.5, 0.6) is 0 Å². The first-order chi connectivity index (χ1) is 73.7. The second-order valence-corrected chi connectivity index (χ2v) is 42.4. The molecule has 0 amide bonds. The summed E-state index contributed by atoms with van der Waals surface area (Å²) in [6, 6.07) is 188. The number of para-hydroxylation sites is 5. The van der Waals surface area contributed by atoms with Crippen LogP contribution < -0.4 is 19.6 Å². The highest BCUT2D eigenvalue weighted by molar-refractivity contribution is 7.26. The highest BCUT2D eigenvalue weighted by atomic mass is 32.1. The molecule has 2 aliphatic rings. The van der Waals surface area contributed by atoms with Crippen molar-refractivity contribution in [3.8, 4) is 66.8 Å². The Morgan fingerprint density at radius 3 is 1.00 bits per heavy atom. The Hall–Kier alpha value is -18.5. The molecule has 0 N–H and O–H groups in total. The van der Waals surface area contributed by atoms with E-state index >= 15 is 0 Å². The van der Waals surface area contributed by atoms with Crippen LogP contribution >= 0.6 is 11.3 Å². The number of aryl methyl sites for hydroxylation is 2. The van der Waals surface area contributed by atoms with E-state index in [1.807, 2.05) is 17.4 Å². The number of fused-ring (bicyclic) bond motifs is 25. The van der Waals surface area contributed by atoms with Crippen LogP contribution in [-0.2, 0) is 10.8 Å². The van der Waals surface area contributed by atoms with Crippen molar-refractivity contribution < 1.29 is 4.42 Å². The maximum Gasteiger partial charge on any atom is 0.143 e. The number of anilines is 12. The molecule has 710 valence electrons. The van der Waals surface area contributed by atoms with Crippen LogP contribution in [0.25, 0.3) is 184 Å². The number of benzene rings is 25. The Labute approximate surface area is 876 Å². The number of hydrogen-bond donors (Lipinski definition) is 0. The molecule has 0 aliphatic heterocycles. The predicted molar refractivity (Wildman–Crippen MR) is 641 cm³/mol. The molecule has 2 aromatic heterocycles. The van der Waals surface area contributed by atoms with Crippen molar-refractivity contribution in [2.45, 2.75) is 52.4 Å². The highest BCUT2D eigenvalue weighted by Crippen LogP contribution is 2.58. The molecule has 0 atom stereocenters. The summed E-state index contributed by atoms with van der Waals surface area (Å²) in [5, 5.41) is 22.5. The molecule has 25 aromatic carbocycles. The van der Waals surface area contributed by atoms with Crippen LogP contribution in [0.2, 0.25) is 0 Å². The molecule has 0 fully saturated rings. The fourth-order valence-electron chi connectivity index (χ4n) is 24.8. The van der Waals surface area contributed by atoms with E-state index in [4.69, 9.17) is 4.42 Å². The zero-order valence-electron chi connectivity index (χ0n) is 84.1. The van der Waals surface area contributed by atoms with Gasteiger partial charge in [-0.1, -0.05) is 380 Å². The predicted octanol–water partition coefficient (Wildman–Crippen LogP) is 41.5.